The Bertz CT molecular complexity index is 1500. The number of amides is 2. The van der Waals surface area contributed by atoms with Gasteiger partial charge >= 0.3 is 0 Å². The molecular weight excluding hydrogens is 595 g/mol. The van der Waals surface area contributed by atoms with Crippen molar-refractivity contribution in [3.05, 3.63) is 53.3 Å². The number of carbonyl (C=O) groups excluding carboxylic acids is 2. The highest BCUT2D eigenvalue weighted by molar-refractivity contribution is 5.98. The van der Waals surface area contributed by atoms with Gasteiger partial charge in [0.25, 0.3) is 5.91 Å². The van der Waals surface area contributed by atoms with Crippen molar-refractivity contribution in [1.82, 2.24) is 25.1 Å². The maximum absolute atomic E-state index is 14.4. The Morgan fingerprint density at radius 2 is 1.74 bits per heavy atom. The van der Waals surface area contributed by atoms with Gasteiger partial charge in [0.1, 0.15) is 17.9 Å². The monoisotopic (exact) mass is 646 g/mol. The zero-order valence-corrected chi connectivity index (χ0v) is 28.9. The lowest BCUT2D eigenvalue weighted by Gasteiger charge is -2.55. The van der Waals surface area contributed by atoms with Gasteiger partial charge in [-0.3, -0.25) is 9.59 Å². The predicted octanol–water partition coefficient (Wildman–Crippen LogP) is 6.35. The Hall–Kier alpha value is -3.53. The van der Waals surface area contributed by atoms with Crippen LogP contribution in [0, 0.1) is 17.2 Å². The molecule has 1 aromatic heterocycles. The average Bonchev–Trinajstić information content (AvgIpc) is 3.34. The molecule has 2 spiro atoms. The normalized spacial score (nSPS) is 24.2. The number of piperidine rings is 1. The van der Waals surface area contributed by atoms with Gasteiger partial charge in [-0.1, -0.05) is 5.57 Å². The third-order valence-corrected chi connectivity index (χ3v) is 11.0. The Morgan fingerprint density at radius 1 is 1.06 bits per heavy atom. The molecule has 1 saturated carbocycles. The van der Waals surface area contributed by atoms with Crippen molar-refractivity contribution in [2.75, 3.05) is 37.6 Å². The molecule has 0 atom stereocenters. The van der Waals surface area contributed by atoms with Crippen LogP contribution >= 0.6 is 0 Å². The smallest absolute Gasteiger partial charge is 0.258 e. The van der Waals surface area contributed by atoms with Gasteiger partial charge in [0, 0.05) is 54.7 Å². The van der Waals surface area contributed by atoms with Crippen LogP contribution in [0.25, 0.3) is 0 Å². The van der Waals surface area contributed by atoms with Gasteiger partial charge in [0.2, 0.25) is 5.91 Å². The van der Waals surface area contributed by atoms with Crippen LogP contribution in [0.15, 0.2) is 41.9 Å². The van der Waals surface area contributed by atoms with E-state index in [4.69, 9.17) is 4.74 Å². The molecule has 47 heavy (non-hydrogen) atoms. The maximum atomic E-state index is 14.4. The minimum atomic E-state index is -0.485. The molecule has 0 radical (unpaired) electrons. The molecular formula is C37H51FN6O3. The first-order valence-corrected chi connectivity index (χ1v) is 17.4. The van der Waals surface area contributed by atoms with Crippen molar-refractivity contribution >= 4 is 17.6 Å². The Kier molecular flexibility index (Phi) is 9.35. The highest BCUT2D eigenvalue weighted by Gasteiger charge is 2.47. The quantitative estimate of drug-likeness (QED) is 0.334. The lowest BCUT2D eigenvalue weighted by molar-refractivity contribution is -0.117. The van der Waals surface area contributed by atoms with E-state index in [0.29, 0.717) is 23.2 Å². The number of likely N-dealkylation sites (tertiary alicyclic amines) is 1. The fourth-order valence-corrected chi connectivity index (χ4v) is 8.40. The van der Waals surface area contributed by atoms with Crippen LogP contribution in [-0.2, 0) is 4.79 Å². The van der Waals surface area contributed by atoms with Crippen LogP contribution in [-0.4, -0.2) is 81.9 Å². The van der Waals surface area contributed by atoms with E-state index < -0.39 is 5.82 Å². The van der Waals surface area contributed by atoms with Gasteiger partial charge in [-0.15, -0.1) is 0 Å². The van der Waals surface area contributed by atoms with Gasteiger partial charge in [-0.05, 0) is 117 Å². The summed E-state index contributed by atoms with van der Waals surface area (Å²) in [6.45, 7) is 17.1. The van der Waals surface area contributed by atoms with Gasteiger partial charge in [-0.25, -0.2) is 14.4 Å². The number of halogens is 1. The number of benzene rings is 1. The van der Waals surface area contributed by atoms with E-state index in [1.807, 2.05) is 41.5 Å². The fourth-order valence-electron chi connectivity index (χ4n) is 8.40. The molecule has 3 aliphatic heterocycles. The molecule has 1 N–H and O–H groups in total. The first kappa shape index (κ1) is 33.4. The summed E-state index contributed by atoms with van der Waals surface area (Å²) in [5.41, 5.74) is 2.58. The number of ether oxygens (including phenoxy) is 1. The van der Waals surface area contributed by atoms with Gasteiger partial charge in [0.15, 0.2) is 11.6 Å². The summed E-state index contributed by atoms with van der Waals surface area (Å²) in [6, 6.07) is 3.98. The minimum absolute atomic E-state index is 0.0125. The standard InChI is InChI=1S/C37H51FN6O3/c1-24(2)30-18-37(41-34(30)45)11-9-27(10-12-37)20-42-15-13-36(14-16-42)21-43(22-36)33-32(19-39-23-40-33)47-31-8-7-28(38)17-29(31)35(46)44(25(3)4)26(5)6/h7-8,17,19,23,25-27H,9-16,18,20-22H2,1-6H3,(H,41,45). The predicted molar refractivity (Wildman–Crippen MR) is 181 cm³/mol. The molecule has 4 fully saturated rings. The summed E-state index contributed by atoms with van der Waals surface area (Å²) in [4.78, 5) is 41.5. The van der Waals surface area contributed by atoms with E-state index >= 15 is 0 Å². The van der Waals surface area contributed by atoms with E-state index in [0.717, 1.165) is 76.0 Å². The molecule has 254 valence electrons. The van der Waals surface area contributed by atoms with Crippen molar-refractivity contribution in [2.45, 2.75) is 104 Å². The zero-order chi connectivity index (χ0) is 33.5. The molecule has 4 aliphatic rings. The number of aromatic nitrogens is 2. The summed E-state index contributed by atoms with van der Waals surface area (Å²) < 4.78 is 20.7. The Balaban J connectivity index is 1.04. The number of anilines is 1. The highest BCUT2D eigenvalue weighted by atomic mass is 19.1. The van der Waals surface area contributed by atoms with E-state index in [2.05, 4.69) is 25.1 Å². The summed E-state index contributed by atoms with van der Waals surface area (Å²) in [5, 5.41) is 3.34. The summed E-state index contributed by atoms with van der Waals surface area (Å²) >= 11 is 0. The number of hydrogen-bond acceptors (Lipinski definition) is 7. The number of nitrogens with one attached hydrogen (secondary N) is 1. The Morgan fingerprint density at radius 3 is 2.36 bits per heavy atom. The molecule has 0 unspecified atom stereocenters. The van der Waals surface area contributed by atoms with Crippen LogP contribution in [0.3, 0.4) is 0 Å². The molecule has 4 heterocycles. The van der Waals surface area contributed by atoms with Gasteiger partial charge in [0.05, 0.1) is 11.8 Å². The van der Waals surface area contributed by atoms with Crippen molar-refractivity contribution in [3.8, 4) is 11.5 Å². The SMILES string of the molecule is CC(C)=C1CC2(CCC(CN3CCC4(CC3)CN(c3ncncc3Oc3ccc(F)cc3C(=O)N(C(C)C)C(C)C)C4)CC2)NC1=O. The largest absolute Gasteiger partial charge is 0.451 e. The van der Waals surface area contributed by atoms with Crippen molar-refractivity contribution in [2.24, 2.45) is 11.3 Å². The molecule has 2 amide bonds. The molecule has 0 bridgehead atoms. The molecule has 6 rings (SSSR count). The van der Waals surface area contributed by atoms with Crippen LogP contribution < -0.4 is 15.0 Å². The second-order valence-corrected chi connectivity index (χ2v) is 15.3. The molecule has 2 aromatic rings. The van der Waals surface area contributed by atoms with Crippen LogP contribution in [0.1, 0.15) is 96.8 Å². The lowest BCUT2D eigenvalue weighted by Crippen LogP contribution is -2.61. The highest BCUT2D eigenvalue weighted by Crippen LogP contribution is 2.46. The molecule has 3 saturated heterocycles. The third kappa shape index (κ3) is 6.89. The number of carbonyl (C=O) groups is 2. The number of allylic oxidation sites excluding steroid dienone is 1. The topological polar surface area (TPSA) is 90.9 Å². The van der Waals surface area contributed by atoms with Gasteiger partial charge < -0.3 is 24.8 Å². The number of rotatable bonds is 8. The van der Waals surface area contributed by atoms with Gasteiger partial charge in [-0.2, -0.15) is 0 Å². The lowest BCUT2D eigenvalue weighted by atomic mass is 9.71. The zero-order valence-electron chi connectivity index (χ0n) is 28.9. The Labute approximate surface area is 278 Å². The maximum Gasteiger partial charge on any atom is 0.258 e. The molecule has 1 aliphatic carbocycles. The van der Waals surface area contributed by atoms with Crippen LogP contribution in [0.4, 0.5) is 10.2 Å². The summed E-state index contributed by atoms with van der Waals surface area (Å²) in [6.07, 6.45) is 10.9. The number of nitrogens with zero attached hydrogens (tertiary/aromatic N) is 5. The first-order valence-electron chi connectivity index (χ1n) is 17.4. The van der Waals surface area contributed by atoms with Crippen molar-refractivity contribution in [3.63, 3.8) is 0 Å². The molecule has 10 heteroatoms. The third-order valence-electron chi connectivity index (χ3n) is 11.0. The average molecular weight is 647 g/mol. The van der Waals surface area contributed by atoms with E-state index in [9.17, 15) is 14.0 Å². The second-order valence-electron chi connectivity index (χ2n) is 15.3. The van der Waals surface area contributed by atoms with Crippen molar-refractivity contribution in [1.29, 1.82) is 0 Å². The van der Waals surface area contributed by atoms with E-state index in [1.165, 1.54) is 37.4 Å². The van der Waals surface area contributed by atoms with E-state index in [1.54, 1.807) is 11.1 Å². The number of hydrogen-bond donors (Lipinski definition) is 1. The van der Waals surface area contributed by atoms with E-state index in [-0.39, 0.29) is 40.4 Å². The van der Waals surface area contributed by atoms with Crippen LogP contribution in [0.2, 0.25) is 0 Å². The van der Waals surface area contributed by atoms with Crippen molar-refractivity contribution < 1.29 is 18.7 Å². The molecule has 9 nitrogen and oxygen atoms in total. The minimum Gasteiger partial charge on any atom is -0.451 e. The summed E-state index contributed by atoms with van der Waals surface area (Å²) in [5.74, 6) is 1.55. The fraction of sp³-hybridized carbons (Fsp3) is 0.622. The second kappa shape index (κ2) is 13.2. The van der Waals surface area contributed by atoms with Crippen LogP contribution in [0.5, 0.6) is 11.5 Å². The first-order chi connectivity index (χ1) is 22.4. The molecule has 1 aromatic carbocycles. The summed E-state index contributed by atoms with van der Waals surface area (Å²) in [7, 11) is 0.